The van der Waals surface area contributed by atoms with Crippen molar-refractivity contribution in [3.8, 4) is 0 Å². The van der Waals surface area contributed by atoms with Gasteiger partial charge in [0.25, 0.3) is 0 Å². The number of nitrogens with one attached hydrogen (secondary N) is 1. The molecule has 2 atom stereocenters. The largest absolute Gasteiger partial charge is 0.388 e. The lowest BCUT2D eigenvalue weighted by atomic mass is 10.1. The van der Waals surface area contributed by atoms with Crippen LogP contribution in [0.15, 0.2) is 18.2 Å². The fourth-order valence-corrected chi connectivity index (χ4v) is 2.05. The standard InChI is InChI=1S/C14H22F2N2O2/c1-14(20,9-18(2)3)8-17-7-13(19)10-4-5-11(15)12(16)6-10/h4-6,13,17,19-20H,7-9H2,1-3H3. The second-order valence-electron chi connectivity index (χ2n) is 5.55. The van der Waals surface area contributed by atoms with Gasteiger partial charge in [-0.15, -0.1) is 0 Å². The first-order chi connectivity index (χ1) is 9.21. The van der Waals surface area contributed by atoms with E-state index in [9.17, 15) is 19.0 Å². The van der Waals surface area contributed by atoms with E-state index < -0.39 is 23.3 Å². The maximum absolute atomic E-state index is 13.0. The van der Waals surface area contributed by atoms with E-state index in [0.29, 0.717) is 12.1 Å². The molecule has 114 valence electrons. The van der Waals surface area contributed by atoms with Crippen LogP contribution in [0.3, 0.4) is 0 Å². The quantitative estimate of drug-likeness (QED) is 0.698. The number of rotatable bonds is 7. The Morgan fingerprint density at radius 1 is 1.30 bits per heavy atom. The van der Waals surface area contributed by atoms with Crippen molar-refractivity contribution < 1.29 is 19.0 Å². The van der Waals surface area contributed by atoms with Gasteiger partial charge in [0.2, 0.25) is 0 Å². The summed E-state index contributed by atoms with van der Waals surface area (Å²) in [5.41, 5.74) is -0.638. The molecule has 0 amide bonds. The number of aliphatic hydroxyl groups excluding tert-OH is 1. The Labute approximate surface area is 118 Å². The van der Waals surface area contributed by atoms with Gasteiger partial charge in [-0.3, -0.25) is 0 Å². The molecule has 0 aromatic heterocycles. The summed E-state index contributed by atoms with van der Waals surface area (Å²) in [5, 5.41) is 22.8. The maximum Gasteiger partial charge on any atom is 0.159 e. The second kappa shape index (κ2) is 7.08. The molecular weight excluding hydrogens is 266 g/mol. The van der Waals surface area contributed by atoms with Gasteiger partial charge in [-0.25, -0.2) is 8.78 Å². The Bertz CT molecular complexity index is 439. The molecule has 4 nitrogen and oxygen atoms in total. The third-order valence-corrected chi connectivity index (χ3v) is 2.83. The summed E-state index contributed by atoms with van der Waals surface area (Å²) in [6.07, 6.45) is -0.958. The third kappa shape index (κ3) is 5.50. The maximum atomic E-state index is 13.0. The van der Waals surface area contributed by atoms with E-state index in [-0.39, 0.29) is 13.1 Å². The predicted octanol–water partition coefficient (Wildman–Crippen LogP) is 0.900. The van der Waals surface area contributed by atoms with E-state index in [2.05, 4.69) is 5.32 Å². The van der Waals surface area contributed by atoms with Gasteiger partial charge in [0.1, 0.15) is 0 Å². The highest BCUT2D eigenvalue weighted by molar-refractivity contribution is 5.20. The number of hydrogen-bond donors (Lipinski definition) is 3. The third-order valence-electron chi connectivity index (χ3n) is 2.83. The molecule has 0 aliphatic heterocycles. The van der Waals surface area contributed by atoms with Gasteiger partial charge < -0.3 is 20.4 Å². The highest BCUT2D eigenvalue weighted by Gasteiger charge is 2.21. The lowest BCUT2D eigenvalue weighted by Gasteiger charge is -2.27. The van der Waals surface area contributed by atoms with Crippen LogP contribution in [0.1, 0.15) is 18.6 Å². The van der Waals surface area contributed by atoms with E-state index >= 15 is 0 Å². The smallest absolute Gasteiger partial charge is 0.159 e. The summed E-state index contributed by atoms with van der Waals surface area (Å²) in [5.74, 6) is -1.93. The van der Waals surface area contributed by atoms with Crippen molar-refractivity contribution in [1.82, 2.24) is 10.2 Å². The monoisotopic (exact) mass is 288 g/mol. The van der Waals surface area contributed by atoms with Crippen molar-refractivity contribution in [2.75, 3.05) is 33.7 Å². The first-order valence-electron chi connectivity index (χ1n) is 6.42. The van der Waals surface area contributed by atoms with E-state index in [1.54, 1.807) is 6.92 Å². The first kappa shape index (κ1) is 17.0. The number of halogens is 2. The molecule has 0 spiro atoms. The lowest BCUT2D eigenvalue weighted by Crippen LogP contribution is -2.46. The van der Waals surface area contributed by atoms with Gasteiger partial charge in [0.05, 0.1) is 11.7 Å². The van der Waals surface area contributed by atoms with Crippen molar-refractivity contribution >= 4 is 0 Å². The molecule has 0 fully saturated rings. The number of likely N-dealkylation sites (N-methyl/N-ethyl adjacent to an activating group) is 1. The van der Waals surface area contributed by atoms with Gasteiger partial charge in [0, 0.05) is 19.6 Å². The highest BCUT2D eigenvalue weighted by Crippen LogP contribution is 2.15. The summed E-state index contributed by atoms with van der Waals surface area (Å²) in [6.45, 7) is 2.59. The minimum atomic E-state index is -0.985. The summed E-state index contributed by atoms with van der Waals surface area (Å²) in [4.78, 5) is 1.85. The van der Waals surface area contributed by atoms with Crippen LogP contribution in [0.2, 0.25) is 0 Å². The molecule has 6 heteroatoms. The zero-order valence-corrected chi connectivity index (χ0v) is 12.0. The Balaban J connectivity index is 2.47. The molecule has 0 bridgehead atoms. The molecule has 20 heavy (non-hydrogen) atoms. The molecule has 0 radical (unpaired) electrons. The van der Waals surface area contributed by atoms with E-state index in [0.717, 1.165) is 12.1 Å². The fraction of sp³-hybridized carbons (Fsp3) is 0.571. The Hall–Kier alpha value is -1.08. The first-order valence-corrected chi connectivity index (χ1v) is 6.42. The van der Waals surface area contributed by atoms with E-state index in [1.807, 2.05) is 19.0 Å². The van der Waals surface area contributed by atoms with Crippen LogP contribution in [0.5, 0.6) is 0 Å². The molecule has 0 heterocycles. The summed E-state index contributed by atoms with van der Waals surface area (Å²) in [7, 11) is 3.70. The molecule has 1 rings (SSSR count). The Morgan fingerprint density at radius 2 is 1.95 bits per heavy atom. The molecular formula is C14H22F2N2O2. The van der Waals surface area contributed by atoms with Crippen LogP contribution in [-0.2, 0) is 0 Å². The molecule has 3 N–H and O–H groups in total. The number of benzene rings is 1. The van der Waals surface area contributed by atoms with Gasteiger partial charge in [-0.2, -0.15) is 0 Å². The SMILES string of the molecule is CN(C)CC(C)(O)CNCC(O)c1ccc(F)c(F)c1. The van der Waals surface area contributed by atoms with Crippen LogP contribution in [0.25, 0.3) is 0 Å². The lowest BCUT2D eigenvalue weighted by molar-refractivity contribution is 0.0308. The molecule has 0 saturated heterocycles. The normalized spacial score (nSPS) is 16.2. The number of hydrogen-bond acceptors (Lipinski definition) is 4. The van der Waals surface area contributed by atoms with Crippen molar-refractivity contribution in [2.24, 2.45) is 0 Å². The second-order valence-corrected chi connectivity index (χ2v) is 5.55. The average Bonchev–Trinajstić information content (AvgIpc) is 2.30. The van der Waals surface area contributed by atoms with Crippen LogP contribution < -0.4 is 5.32 Å². The Kier molecular flexibility index (Phi) is 6.01. The molecule has 2 unspecified atom stereocenters. The van der Waals surface area contributed by atoms with Gasteiger partial charge in [0.15, 0.2) is 11.6 Å². The van der Waals surface area contributed by atoms with Crippen LogP contribution >= 0.6 is 0 Å². The zero-order chi connectivity index (χ0) is 15.3. The van der Waals surface area contributed by atoms with Gasteiger partial charge in [-0.05, 0) is 38.7 Å². The molecule has 1 aromatic rings. The molecule has 1 aromatic carbocycles. The highest BCUT2D eigenvalue weighted by atomic mass is 19.2. The predicted molar refractivity (Wildman–Crippen MR) is 73.4 cm³/mol. The molecule has 0 aliphatic rings. The molecule has 0 aliphatic carbocycles. The van der Waals surface area contributed by atoms with Crippen LogP contribution in [0, 0.1) is 11.6 Å². The fourth-order valence-electron chi connectivity index (χ4n) is 2.05. The minimum Gasteiger partial charge on any atom is -0.388 e. The van der Waals surface area contributed by atoms with Gasteiger partial charge >= 0.3 is 0 Å². The average molecular weight is 288 g/mol. The van der Waals surface area contributed by atoms with E-state index in [1.165, 1.54) is 6.07 Å². The minimum absolute atomic E-state index is 0.147. The van der Waals surface area contributed by atoms with Crippen molar-refractivity contribution in [1.29, 1.82) is 0 Å². The summed E-state index contributed by atoms with van der Waals surface area (Å²) >= 11 is 0. The van der Waals surface area contributed by atoms with Crippen LogP contribution in [-0.4, -0.2) is 54.4 Å². The van der Waals surface area contributed by atoms with Crippen molar-refractivity contribution in [2.45, 2.75) is 18.6 Å². The number of aliphatic hydroxyl groups is 2. The van der Waals surface area contributed by atoms with Crippen molar-refractivity contribution in [3.05, 3.63) is 35.4 Å². The van der Waals surface area contributed by atoms with Crippen LogP contribution in [0.4, 0.5) is 8.78 Å². The topological polar surface area (TPSA) is 55.7 Å². The molecule has 0 saturated carbocycles. The Morgan fingerprint density at radius 3 is 2.50 bits per heavy atom. The zero-order valence-electron chi connectivity index (χ0n) is 12.0. The van der Waals surface area contributed by atoms with E-state index in [4.69, 9.17) is 0 Å². The van der Waals surface area contributed by atoms with Crippen molar-refractivity contribution in [3.63, 3.8) is 0 Å². The van der Waals surface area contributed by atoms with Gasteiger partial charge in [-0.1, -0.05) is 6.07 Å². The number of nitrogens with zero attached hydrogens (tertiary/aromatic N) is 1. The summed E-state index contributed by atoms with van der Waals surface area (Å²) in [6, 6.07) is 3.29. The summed E-state index contributed by atoms with van der Waals surface area (Å²) < 4.78 is 25.8.